The van der Waals surface area contributed by atoms with E-state index in [4.69, 9.17) is 11.6 Å². The molecule has 3 nitrogen and oxygen atoms in total. The lowest BCUT2D eigenvalue weighted by Gasteiger charge is -2.24. The Bertz CT molecular complexity index is 915. The molecule has 1 aliphatic rings. The molecule has 0 aliphatic carbocycles. The monoisotopic (exact) mass is 357 g/mol. The van der Waals surface area contributed by atoms with Crippen molar-refractivity contribution >= 4 is 35.0 Å². The molecule has 6 heteroatoms. The number of aromatic nitrogens is 2. The second-order valence-corrected chi connectivity index (χ2v) is 7.35. The molecule has 3 aromatic rings. The molecule has 0 saturated heterocycles. The lowest BCUT2D eigenvalue weighted by Crippen LogP contribution is -2.06. The minimum atomic E-state index is -0.277. The summed E-state index contributed by atoms with van der Waals surface area (Å²) < 4.78 is 13.0. The third-order valence-corrected chi connectivity index (χ3v) is 5.31. The van der Waals surface area contributed by atoms with Gasteiger partial charge in [0.1, 0.15) is 5.82 Å². The summed E-state index contributed by atoms with van der Waals surface area (Å²) >= 11 is 7.93. The molecule has 0 radical (unpaired) electrons. The molecular formula is C18H13ClFN3S. The first-order valence-electron chi connectivity index (χ1n) is 7.46. The minimum Gasteiger partial charge on any atom is -0.324 e. The average Bonchev–Trinajstić information content (AvgIpc) is 2.58. The maximum absolute atomic E-state index is 13.0. The van der Waals surface area contributed by atoms with E-state index in [0.717, 1.165) is 27.4 Å². The predicted octanol–water partition coefficient (Wildman–Crippen LogP) is 5.85. The molecule has 0 fully saturated rings. The molecule has 2 heterocycles. The number of nitrogens with one attached hydrogen (secondary N) is 1. The Morgan fingerprint density at radius 2 is 1.96 bits per heavy atom. The SMILES string of the molecule is CC1Sc2ccc(Cl)cc2-c2nc(Nc3ccc(F)cc3)ncc21. The van der Waals surface area contributed by atoms with Gasteiger partial charge in [-0.3, -0.25) is 0 Å². The highest BCUT2D eigenvalue weighted by Gasteiger charge is 2.24. The van der Waals surface area contributed by atoms with Gasteiger partial charge in [-0.2, -0.15) is 0 Å². The van der Waals surface area contributed by atoms with Crippen LogP contribution in [0.4, 0.5) is 16.0 Å². The summed E-state index contributed by atoms with van der Waals surface area (Å²) in [5, 5.41) is 4.07. The molecule has 1 N–H and O–H groups in total. The van der Waals surface area contributed by atoms with E-state index in [1.807, 2.05) is 24.4 Å². The van der Waals surface area contributed by atoms with Gasteiger partial charge < -0.3 is 5.32 Å². The zero-order valence-corrected chi connectivity index (χ0v) is 14.3. The van der Waals surface area contributed by atoms with Gasteiger partial charge in [0.15, 0.2) is 0 Å². The van der Waals surface area contributed by atoms with Crippen molar-refractivity contribution in [2.24, 2.45) is 0 Å². The Kier molecular flexibility index (Phi) is 3.90. The molecular weight excluding hydrogens is 345 g/mol. The van der Waals surface area contributed by atoms with Crippen LogP contribution >= 0.6 is 23.4 Å². The largest absolute Gasteiger partial charge is 0.324 e. The van der Waals surface area contributed by atoms with Gasteiger partial charge in [0.05, 0.1) is 5.69 Å². The van der Waals surface area contributed by atoms with Crippen LogP contribution in [0.2, 0.25) is 5.02 Å². The van der Waals surface area contributed by atoms with Gasteiger partial charge >= 0.3 is 0 Å². The second kappa shape index (κ2) is 6.07. The van der Waals surface area contributed by atoms with E-state index >= 15 is 0 Å². The molecule has 1 aliphatic heterocycles. The standard InChI is InChI=1S/C18H13ClFN3S/c1-10-15-9-21-18(22-13-5-3-12(20)4-6-13)23-17(15)14-8-11(19)2-7-16(14)24-10/h2-10H,1H3,(H,21,22,23). The maximum Gasteiger partial charge on any atom is 0.227 e. The van der Waals surface area contributed by atoms with Crippen LogP contribution in [-0.4, -0.2) is 9.97 Å². The topological polar surface area (TPSA) is 37.8 Å². The summed E-state index contributed by atoms with van der Waals surface area (Å²) in [6, 6.07) is 12.0. The fourth-order valence-electron chi connectivity index (χ4n) is 2.67. The Balaban J connectivity index is 1.76. The summed E-state index contributed by atoms with van der Waals surface area (Å²) in [5.74, 6) is 0.201. The maximum atomic E-state index is 13.0. The van der Waals surface area contributed by atoms with Gasteiger partial charge in [0.25, 0.3) is 0 Å². The molecule has 0 spiro atoms. The van der Waals surface area contributed by atoms with Crippen LogP contribution in [-0.2, 0) is 0 Å². The zero-order valence-electron chi connectivity index (χ0n) is 12.8. The molecule has 1 aromatic heterocycles. The molecule has 24 heavy (non-hydrogen) atoms. The van der Waals surface area contributed by atoms with Gasteiger partial charge in [-0.1, -0.05) is 11.6 Å². The van der Waals surface area contributed by atoms with E-state index in [-0.39, 0.29) is 11.1 Å². The Hall–Kier alpha value is -2.11. The molecule has 0 amide bonds. The van der Waals surface area contributed by atoms with Gasteiger partial charge in [-0.25, -0.2) is 14.4 Å². The minimum absolute atomic E-state index is 0.272. The second-order valence-electron chi connectivity index (χ2n) is 5.53. The number of rotatable bonds is 2. The lowest BCUT2D eigenvalue weighted by molar-refractivity contribution is 0.628. The van der Waals surface area contributed by atoms with Crippen molar-refractivity contribution in [3.63, 3.8) is 0 Å². The van der Waals surface area contributed by atoms with E-state index in [1.54, 1.807) is 23.9 Å². The predicted molar refractivity (Wildman–Crippen MR) is 96.4 cm³/mol. The van der Waals surface area contributed by atoms with Crippen LogP contribution in [0.3, 0.4) is 0 Å². The van der Waals surface area contributed by atoms with E-state index in [2.05, 4.69) is 22.2 Å². The Morgan fingerprint density at radius 1 is 1.17 bits per heavy atom. The molecule has 1 atom stereocenters. The fraction of sp³-hybridized carbons (Fsp3) is 0.111. The Morgan fingerprint density at radius 3 is 2.75 bits per heavy atom. The number of hydrogen-bond acceptors (Lipinski definition) is 4. The highest BCUT2D eigenvalue weighted by atomic mass is 35.5. The van der Waals surface area contributed by atoms with Crippen molar-refractivity contribution in [3.05, 3.63) is 65.1 Å². The molecule has 4 rings (SSSR count). The zero-order chi connectivity index (χ0) is 16.7. The van der Waals surface area contributed by atoms with E-state index in [1.165, 1.54) is 12.1 Å². The smallest absolute Gasteiger partial charge is 0.227 e. The number of fused-ring (bicyclic) bond motifs is 3. The number of nitrogens with zero attached hydrogens (tertiary/aromatic N) is 2. The summed E-state index contributed by atoms with van der Waals surface area (Å²) in [5.41, 5.74) is 3.73. The number of hydrogen-bond donors (Lipinski definition) is 1. The van der Waals surface area contributed by atoms with Crippen molar-refractivity contribution in [1.82, 2.24) is 9.97 Å². The van der Waals surface area contributed by atoms with Crippen molar-refractivity contribution in [3.8, 4) is 11.3 Å². The van der Waals surface area contributed by atoms with Gasteiger partial charge in [-0.15, -0.1) is 11.8 Å². The molecule has 0 bridgehead atoms. The average molecular weight is 358 g/mol. The van der Waals surface area contributed by atoms with Crippen molar-refractivity contribution in [2.45, 2.75) is 17.1 Å². The first kappa shape index (κ1) is 15.4. The van der Waals surface area contributed by atoms with Crippen LogP contribution in [0, 0.1) is 5.82 Å². The first-order valence-corrected chi connectivity index (χ1v) is 8.72. The first-order chi connectivity index (χ1) is 11.6. The van der Waals surface area contributed by atoms with Crippen LogP contribution in [0.1, 0.15) is 17.7 Å². The molecule has 0 saturated carbocycles. The quantitative estimate of drug-likeness (QED) is 0.624. The van der Waals surface area contributed by atoms with Gasteiger partial charge in [0, 0.05) is 38.2 Å². The lowest BCUT2D eigenvalue weighted by atomic mass is 10.0. The van der Waals surface area contributed by atoms with E-state index in [9.17, 15) is 4.39 Å². The summed E-state index contributed by atoms with van der Waals surface area (Å²) in [6.07, 6.45) is 1.84. The van der Waals surface area contributed by atoms with Crippen LogP contribution < -0.4 is 5.32 Å². The third kappa shape index (κ3) is 2.85. The fourth-order valence-corrected chi connectivity index (χ4v) is 3.95. The van der Waals surface area contributed by atoms with Crippen LogP contribution in [0.25, 0.3) is 11.3 Å². The van der Waals surface area contributed by atoms with Crippen LogP contribution in [0.15, 0.2) is 53.6 Å². The Labute approximate surface area is 148 Å². The summed E-state index contributed by atoms with van der Waals surface area (Å²) in [7, 11) is 0. The summed E-state index contributed by atoms with van der Waals surface area (Å²) in [6.45, 7) is 2.14. The summed E-state index contributed by atoms with van der Waals surface area (Å²) in [4.78, 5) is 10.2. The number of thioether (sulfide) groups is 1. The third-order valence-electron chi connectivity index (χ3n) is 3.86. The van der Waals surface area contributed by atoms with E-state index in [0.29, 0.717) is 11.0 Å². The molecule has 1 unspecified atom stereocenters. The van der Waals surface area contributed by atoms with Gasteiger partial charge in [-0.05, 0) is 49.4 Å². The van der Waals surface area contributed by atoms with Crippen molar-refractivity contribution in [1.29, 1.82) is 0 Å². The van der Waals surface area contributed by atoms with Gasteiger partial charge in [0.2, 0.25) is 5.95 Å². The number of halogens is 2. The molecule has 120 valence electrons. The number of benzene rings is 2. The van der Waals surface area contributed by atoms with Crippen molar-refractivity contribution in [2.75, 3.05) is 5.32 Å². The highest BCUT2D eigenvalue weighted by Crippen LogP contribution is 2.48. The highest BCUT2D eigenvalue weighted by molar-refractivity contribution is 7.99. The van der Waals surface area contributed by atoms with Crippen molar-refractivity contribution < 1.29 is 4.39 Å². The van der Waals surface area contributed by atoms with Crippen LogP contribution in [0.5, 0.6) is 0 Å². The normalized spacial score (nSPS) is 15.5. The number of anilines is 2. The van der Waals surface area contributed by atoms with E-state index < -0.39 is 0 Å². The molecule has 2 aromatic carbocycles.